The third-order valence-corrected chi connectivity index (χ3v) is 6.80. The van der Waals surface area contributed by atoms with Crippen LogP contribution >= 0.6 is 23.6 Å². The number of aryl methyl sites for hydroxylation is 2. The molecule has 1 aromatic carbocycles. The van der Waals surface area contributed by atoms with Crippen molar-refractivity contribution in [2.45, 2.75) is 45.7 Å². The van der Waals surface area contributed by atoms with Crippen LogP contribution in [-0.4, -0.2) is 32.1 Å². The van der Waals surface area contributed by atoms with E-state index in [2.05, 4.69) is 42.2 Å². The van der Waals surface area contributed by atoms with Gasteiger partial charge in [0.15, 0.2) is 10.6 Å². The molecule has 0 aliphatic carbocycles. The highest BCUT2D eigenvalue weighted by Gasteiger charge is 2.34. The van der Waals surface area contributed by atoms with Crippen LogP contribution in [0.3, 0.4) is 0 Å². The molecule has 1 saturated heterocycles. The molecule has 2 aromatic heterocycles. The highest BCUT2D eigenvalue weighted by Crippen LogP contribution is 2.35. The van der Waals surface area contributed by atoms with Gasteiger partial charge in [0.05, 0.1) is 10.9 Å². The van der Waals surface area contributed by atoms with E-state index in [1.54, 1.807) is 11.3 Å². The van der Waals surface area contributed by atoms with E-state index in [1.165, 1.54) is 16.7 Å². The third-order valence-electron chi connectivity index (χ3n) is 5.64. The predicted molar refractivity (Wildman–Crippen MR) is 115 cm³/mol. The fourth-order valence-corrected chi connectivity index (χ4v) is 4.94. The van der Waals surface area contributed by atoms with E-state index < -0.39 is 6.04 Å². The summed E-state index contributed by atoms with van der Waals surface area (Å²) in [5.74, 6) is 0.818. The van der Waals surface area contributed by atoms with Crippen molar-refractivity contribution in [3.8, 4) is 10.7 Å². The number of carbonyl (C=O) groups is 1. The van der Waals surface area contributed by atoms with Crippen LogP contribution in [0.25, 0.3) is 10.7 Å². The quantitative estimate of drug-likeness (QED) is 0.599. The van der Waals surface area contributed by atoms with Crippen LogP contribution in [0.5, 0.6) is 0 Å². The number of carbonyl (C=O) groups excluding carboxylic acids is 1. The summed E-state index contributed by atoms with van der Waals surface area (Å²) in [6, 6.07) is 10.2. The van der Waals surface area contributed by atoms with Gasteiger partial charge in [0.1, 0.15) is 6.04 Å². The second-order valence-corrected chi connectivity index (χ2v) is 8.74. The molecule has 2 atom stereocenters. The van der Waals surface area contributed by atoms with Crippen LogP contribution in [0, 0.1) is 18.6 Å². The Morgan fingerprint density at radius 1 is 1.32 bits per heavy atom. The summed E-state index contributed by atoms with van der Waals surface area (Å²) in [6.45, 7) is 6.94. The van der Waals surface area contributed by atoms with Crippen molar-refractivity contribution in [1.29, 1.82) is 0 Å². The van der Waals surface area contributed by atoms with E-state index >= 15 is 0 Å². The molecule has 5 nitrogen and oxygen atoms in total. The number of H-pyrrole nitrogens is 1. The first-order chi connectivity index (χ1) is 13.5. The molecule has 1 fully saturated rings. The highest BCUT2D eigenvalue weighted by atomic mass is 32.1. The normalized spacial score (nSPS) is 17.8. The molecule has 1 amide bonds. The molecule has 0 bridgehead atoms. The minimum Gasteiger partial charge on any atom is -0.334 e. The van der Waals surface area contributed by atoms with Crippen LogP contribution in [0.1, 0.15) is 48.5 Å². The van der Waals surface area contributed by atoms with Crippen molar-refractivity contribution in [3.63, 3.8) is 0 Å². The van der Waals surface area contributed by atoms with E-state index in [-0.39, 0.29) is 11.9 Å². The molecule has 1 aliphatic rings. The number of amides is 1. The SMILES string of the molecule is Cc1ccc(C2CCCN2C(=O)C(C)n2c(-c3cccs3)n[nH]c2=S)cc1C. The van der Waals surface area contributed by atoms with Gasteiger partial charge in [-0.05, 0) is 74.0 Å². The molecule has 1 N–H and O–H groups in total. The number of rotatable bonds is 4. The first-order valence-corrected chi connectivity index (χ1v) is 10.8. The Morgan fingerprint density at radius 2 is 2.14 bits per heavy atom. The Kier molecular flexibility index (Phi) is 5.21. The summed E-state index contributed by atoms with van der Waals surface area (Å²) < 4.78 is 2.32. The summed E-state index contributed by atoms with van der Waals surface area (Å²) in [5.41, 5.74) is 3.76. The number of likely N-dealkylation sites (tertiary alicyclic amines) is 1. The van der Waals surface area contributed by atoms with Crippen LogP contribution < -0.4 is 0 Å². The lowest BCUT2D eigenvalue weighted by atomic mass is 9.99. The van der Waals surface area contributed by atoms with E-state index in [1.807, 2.05) is 33.9 Å². The van der Waals surface area contributed by atoms with E-state index in [9.17, 15) is 4.79 Å². The number of aromatic amines is 1. The summed E-state index contributed by atoms with van der Waals surface area (Å²) in [5, 5.41) is 9.23. The van der Waals surface area contributed by atoms with E-state index in [0.29, 0.717) is 4.77 Å². The highest BCUT2D eigenvalue weighted by molar-refractivity contribution is 7.71. The predicted octanol–water partition coefficient (Wildman–Crippen LogP) is 5.21. The fraction of sp³-hybridized carbons (Fsp3) is 0.381. The molecule has 7 heteroatoms. The second-order valence-electron chi connectivity index (χ2n) is 7.41. The average Bonchev–Trinajstić information content (AvgIpc) is 3.42. The molecule has 4 rings (SSSR count). The number of thiophene rings is 1. The lowest BCUT2D eigenvalue weighted by Gasteiger charge is -2.29. The van der Waals surface area contributed by atoms with Crippen molar-refractivity contribution in [1.82, 2.24) is 19.7 Å². The first kappa shape index (κ1) is 19.1. The van der Waals surface area contributed by atoms with Gasteiger partial charge in [-0.3, -0.25) is 14.5 Å². The maximum Gasteiger partial charge on any atom is 0.246 e. The van der Waals surface area contributed by atoms with Gasteiger partial charge in [0.2, 0.25) is 5.91 Å². The Balaban J connectivity index is 1.65. The number of aromatic nitrogens is 3. The summed E-state index contributed by atoms with van der Waals surface area (Å²) in [6.07, 6.45) is 2.01. The van der Waals surface area contributed by atoms with Gasteiger partial charge in [-0.15, -0.1) is 11.3 Å². The molecule has 3 aromatic rings. The zero-order valence-electron chi connectivity index (χ0n) is 16.3. The largest absolute Gasteiger partial charge is 0.334 e. The van der Waals surface area contributed by atoms with Crippen molar-refractivity contribution >= 4 is 29.5 Å². The molecular weight excluding hydrogens is 388 g/mol. The molecule has 3 heterocycles. The standard InChI is InChI=1S/C21H24N4OS2/c1-13-8-9-16(12-14(13)2)17-6-4-10-24(17)20(26)15(3)25-19(22-23-21(25)27)18-7-5-11-28-18/h5,7-9,11-12,15,17H,4,6,10H2,1-3H3,(H,23,27). The van der Waals surface area contributed by atoms with Gasteiger partial charge < -0.3 is 4.90 Å². The van der Waals surface area contributed by atoms with Crippen LogP contribution in [0.15, 0.2) is 35.7 Å². The molecular formula is C21H24N4OS2. The fourth-order valence-electron chi connectivity index (χ4n) is 3.94. The van der Waals surface area contributed by atoms with Gasteiger partial charge >= 0.3 is 0 Å². The Labute approximate surface area is 174 Å². The topological polar surface area (TPSA) is 53.9 Å². The second kappa shape index (κ2) is 7.64. The van der Waals surface area contributed by atoms with Gasteiger partial charge in [0.25, 0.3) is 0 Å². The molecule has 0 radical (unpaired) electrons. The average molecular weight is 413 g/mol. The Bertz CT molecular complexity index is 1050. The molecule has 1 aliphatic heterocycles. The minimum atomic E-state index is -0.407. The Morgan fingerprint density at radius 3 is 2.86 bits per heavy atom. The van der Waals surface area contributed by atoms with Gasteiger partial charge in [-0.25, -0.2) is 0 Å². The lowest BCUT2D eigenvalue weighted by Crippen LogP contribution is -2.36. The number of nitrogens with zero attached hydrogens (tertiary/aromatic N) is 3. The lowest BCUT2D eigenvalue weighted by molar-refractivity contribution is -0.135. The zero-order chi connectivity index (χ0) is 19.8. The third kappa shape index (κ3) is 3.33. The van der Waals surface area contributed by atoms with Crippen LogP contribution in [0.2, 0.25) is 0 Å². The van der Waals surface area contributed by atoms with Gasteiger partial charge in [-0.2, -0.15) is 5.10 Å². The number of hydrogen-bond donors (Lipinski definition) is 1. The number of benzene rings is 1. The molecule has 0 saturated carbocycles. The maximum absolute atomic E-state index is 13.5. The van der Waals surface area contributed by atoms with E-state index in [0.717, 1.165) is 30.1 Å². The summed E-state index contributed by atoms with van der Waals surface area (Å²) >= 11 is 7.04. The van der Waals surface area contributed by atoms with Crippen molar-refractivity contribution in [2.75, 3.05) is 6.54 Å². The van der Waals surface area contributed by atoms with Crippen LogP contribution in [0.4, 0.5) is 0 Å². The minimum absolute atomic E-state index is 0.0936. The molecule has 146 valence electrons. The van der Waals surface area contributed by atoms with Crippen molar-refractivity contribution in [2.24, 2.45) is 0 Å². The van der Waals surface area contributed by atoms with Crippen molar-refractivity contribution < 1.29 is 4.79 Å². The first-order valence-electron chi connectivity index (χ1n) is 9.56. The number of hydrogen-bond acceptors (Lipinski definition) is 4. The van der Waals surface area contributed by atoms with Crippen LogP contribution in [-0.2, 0) is 4.79 Å². The summed E-state index contributed by atoms with van der Waals surface area (Å²) in [7, 11) is 0. The van der Waals surface area contributed by atoms with Crippen molar-refractivity contribution in [3.05, 3.63) is 57.2 Å². The molecule has 2 unspecified atom stereocenters. The maximum atomic E-state index is 13.5. The summed E-state index contributed by atoms with van der Waals surface area (Å²) in [4.78, 5) is 16.5. The Hall–Kier alpha value is -2.25. The monoisotopic (exact) mass is 412 g/mol. The zero-order valence-corrected chi connectivity index (χ0v) is 17.9. The molecule has 28 heavy (non-hydrogen) atoms. The van der Waals surface area contributed by atoms with E-state index in [4.69, 9.17) is 12.2 Å². The number of nitrogens with one attached hydrogen (secondary N) is 1. The smallest absolute Gasteiger partial charge is 0.246 e. The van der Waals surface area contributed by atoms with Gasteiger partial charge in [-0.1, -0.05) is 24.3 Å². The van der Waals surface area contributed by atoms with Gasteiger partial charge in [0, 0.05) is 6.54 Å². The molecule has 0 spiro atoms.